The number of carbonyl (C=O) groups excluding carboxylic acids is 2. The normalized spacial score (nSPS) is 15.4. The van der Waals surface area contributed by atoms with Crippen molar-refractivity contribution in [1.82, 2.24) is 5.32 Å². The van der Waals surface area contributed by atoms with Crippen molar-refractivity contribution in [3.63, 3.8) is 0 Å². The Labute approximate surface area is 157 Å². The molecular weight excluding hydrogens is 340 g/mol. The first-order chi connectivity index (χ1) is 13.1. The predicted octanol–water partition coefficient (Wildman–Crippen LogP) is 3.80. The minimum atomic E-state index is -0.258. The summed E-state index contributed by atoms with van der Waals surface area (Å²) in [7, 11) is 0. The molecule has 0 saturated heterocycles. The smallest absolute Gasteiger partial charge is 0.287 e. The van der Waals surface area contributed by atoms with Crippen LogP contribution in [0.4, 0.5) is 5.69 Å². The van der Waals surface area contributed by atoms with Crippen LogP contribution in [0.2, 0.25) is 0 Å². The first kappa shape index (κ1) is 17.1. The fourth-order valence-corrected chi connectivity index (χ4v) is 3.47. The molecule has 4 rings (SSSR count). The van der Waals surface area contributed by atoms with Crippen LogP contribution in [0.15, 0.2) is 71.3 Å². The molecule has 27 heavy (non-hydrogen) atoms. The second-order valence-electron chi connectivity index (χ2n) is 6.72. The van der Waals surface area contributed by atoms with Crippen LogP contribution in [0.1, 0.15) is 39.0 Å². The SMILES string of the molecule is CC1Cc2ccc(CNC(=O)c3ccco3)cc2N1C(=O)c1ccccc1. The zero-order valence-corrected chi connectivity index (χ0v) is 15.0. The maximum atomic E-state index is 13.0. The fourth-order valence-electron chi connectivity index (χ4n) is 3.47. The molecule has 2 aromatic carbocycles. The van der Waals surface area contributed by atoms with Crippen molar-refractivity contribution in [3.8, 4) is 0 Å². The van der Waals surface area contributed by atoms with E-state index in [4.69, 9.17) is 4.42 Å². The van der Waals surface area contributed by atoms with Gasteiger partial charge in [0.1, 0.15) is 0 Å². The van der Waals surface area contributed by atoms with E-state index in [9.17, 15) is 9.59 Å². The number of nitrogens with one attached hydrogen (secondary N) is 1. The Morgan fingerprint density at radius 1 is 1.11 bits per heavy atom. The number of furan rings is 1. The van der Waals surface area contributed by atoms with Crippen LogP contribution in [0.5, 0.6) is 0 Å². The van der Waals surface area contributed by atoms with E-state index in [1.165, 1.54) is 6.26 Å². The van der Waals surface area contributed by atoms with E-state index >= 15 is 0 Å². The molecule has 5 nitrogen and oxygen atoms in total. The third-order valence-corrected chi connectivity index (χ3v) is 4.80. The second kappa shape index (κ2) is 7.11. The van der Waals surface area contributed by atoms with Crippen molar-refractivity contribution in [1.29, 1.82) is 0 Å². The van der Waals surface area contributed by atoms with Gasteiger partial charge in [-0.1, -0.05) is 30.3 Å². The topological polar surface area (TPSA) is 62.6 Å². The lowest BCUT2D eigenvalue weighted by Crippen LogP contribution is -2.35. The Morgan fingerprint density at radius 2 is 1.93 bits per heavy atom. The lowest BCUT2D eigenvalue weighted by atomic mass is 10.1. The van der Waals surface area contributed by atoms with Crippen LogP contribution in [0, 0.1) is 0 Å². The molecule has 1 atom stereocenters. The highest BCUT2D eigenvalue weighted by Crippen LogP contribution is 2.34. The summed E-state index contributed by atoms with van der Waals surface area (Å²) < 4.78 is 5.10. The van der Waals surface area contributed by atoms with Crippen molar-refractivity contribution in [2.45, 2.75) is 25.9 Å². The molecule has 1 aliphatic heterocycles. The number of anilines is 1. The summed E-state index contributed by atoms with van der Waals surface area (Å²) in [5, 5.41) is 2.84. The molecule has 0 bridgehead atoms. The van der Waals surface area contributed by atoms with Crippen LogP contribution in [-0.4, -0.2) is 17.9 Å². The summed E-state index contributed by atoms with van der Waals surface area (Å²) >= 11 is 0. The first-order valence-corrected chi connectivity index (χ1v) is 8.95. The standard InChI is InChI=1S/C22H20N2O3/c1-15-12-18-10-9-16(14-23-21(25)20-8-5-11-27-20)13-19(18)24(15)22(26)17-6-3-2-4-7-17/h2-11,13,15H,12,14H2,1H3,(H,23,25). The predicted molar refractivity (Wildman–Crippen MR) is 103 cm³/mol. The molecule has 2 heterocycles. The number of benzene rings is 2. The van der Waals surface area contributed by atoms with Gasteiger partial charge in [0.05, 0.1) is 6.26 Å². The summed E-state index contributed by atoms with van der Waals surface area (Å²) in [6.45, 7) is 2.42. The molecular formula is C22H20N2O3. The van der Waals surface area contributed by atoms with Gasteiger partial charge in [0.15, 0.2) is 5.76 Å². The number of rotatable bonds is 4. The summed E-state index contributed by atoms with van der Waals surface area (Å²) in [6.07, 6.45) is 2.30. The van der Waals surface area contributed by atoms with Crippen molar-refractivity contribution in [2.75, 3.05) is 4.90 Å². The molecule has 1 aliphatic rings. The second-order valence-corrected chi connectivity index (χ2v) is 6.72. The van der Waals surface area contributed by atoms with Gasteiger partial charge in [-0.05, 0) is 54.8 Å². The van der Waals surface area contributed by atoms with E-state index in [0.717, 1.165) is 23.2 Å². The maximum absolute atomic E-state index is 13.0. The van der Waals surface area contributed by atoms with Crippen molar-refractivity contribution < 1.29 is 14.0 Å². The van der Waals surface area contributed by atoms with E-state index in [0.29, 0.717) is 12.1 Å². The monoisotopic (exact) mass is 360 g/mol. The summed E-state index contributed by atoms with van der Waals surface area (Å²) in [4.78, 5) is 26.9. The quantitative estimate of drug-likeness (QED) is 0.770. The number of fused-ring (bicyclic) bond motifs is 1. The van der Waals surface area contributed by atoms with Crippen LogP contribution < -0.4 is 10.2 Å². The molecule has 1 aromatic heterocycles. The lowest BCUT2D eigenvalue weighted by Gasteiger charge is -2.23. The third kappa shape index (κ3) is 3.36. The third-order valence-electron chi connectivity index (χ3n) is 4.80. The number of amides is 2. The zero-order chi connectivity index (χ0) is 18.8. The van der Waals surface area contributed by atoms with Crippen molar-refractivity contribution >= 4 is 17.5 Å². The van der Waals surface area contributed by atoms with E-state index in [2.05, 4.69) is 12.2 Å². The number of nitrogens with zero attached hydrogens (tertiary/aromatic N) is 1. The van der Waals surface area contributed by atoms with E-state index in [1.54, 1.807) is 12.1 Å². The summed E-state index contributed by atoms with van der Waals surface area (Å²) in [6, 6.07) is 18.7. The Kier molecular flexibility index (Phi) is 4.50. The van der Waals surface area contributed by atoms with Crippen LogP contribution in [0.25, 0.3) is 0 Å². The minimum absolute atomic E-state index is 0.00128. The van der Waals surface area contributed by atoms with Gasteiger partial charge < -0.3 is 14.6 Å². The highest BCUT2D eigenvalue weighted by atomic mass is 16.3. The zero-order valence-electron chi connectivity index (χ0n) is 15.0. The molecule has 1 N–H and O–H groups in total. The Morgan fingerprint density at radius 3 is 2.67 bits per heavy atom. The van der Waals surface area contributed by atoms with E-state index in [1.807, 2.05) is 53.4 Å². The Hall–Kier alpha value is -3.34. The molecule has 3 aromatic rings. The molecule has 0 aliphatic carbocycles. The van der Waals surface area contributed by atoms with Gasteiger partial charge in [-0.3, -0.25) is 9.59 Å². The molecule has 5 heteroatoms. The maximum Gasteiger partial charge on any atom is 0.287 e. The average Bonchev–Trinajstić information content (AvgIpc) is 3.33. The van der Waals surface area contributed by atoms with Crippen LogP contribution in [0.3, 0.4) is 0 Å². The number of carbonyl (C=O) groups is 2. The molecule has 0 radical (unpaired) electrons. The van der Waals surface area contributed by atoms with Crippen molar-refractivity contribution in [2.24, 2.45) is 0 Å². The Balaban J connectivity index is 1.55. The summed E-state index contributed by atoms with van der Waals surface area (Å²) in [5.74, 6) is 0.0235. The van der Waals surface area contributed by atoms with Crippen LogP contribution >= 0.6 is 0 Å². The lowest BCUT2D eigenvalue weighted by molar-refractivity contribution is 0.0922. The largest absolute Gasteiger partial charge is 0.459 e. The van der Waals surface area contributed by atoms with Gasteiger partial charge in [-0.25, -0.2) is 0 Å². The molecule has 0 saturated carbocycles. The average molecular weight is 360 g/mol. The van der Waals surface area contributed by atoms with Gasteiger partial charge in [-0.2, -0.15) is 0 Å². The van der Waals surface area contributed by atoms with Crippen molar-refractivity contribution in [3.05, 3.63) is 89.4 Å². The highest BCUT2D eigenvalue weighted by molar-refractivity contribution is 6.07. The van der Waals surface area contributed by atoms with Gasteiger partial charge in [0, 0.05) is 23.8 Å². The van der Waals surface area contributed by atoms with E-state index < -0.39 is 0 Å². The molecule has 0 spiro atoms. The highest BCUT2D eigenvalue weighted by Gasteiger charge is 2.31. The Bertz CT molecular complexity index is 964. The molecule has 0 fully saturated rings. The van der Waals surface area contributed by atoms with Gasteiger partial charge >= 0.3 is 0 Å². The molecule has 136 valence electrons. The van der Waals surface area contributed by atoms with E-state index in [-0.39, 0.29) is 23.6 Å². The molecule has 2 amide bonds. The van der Waals surface area contributed by atoms with Gasteiger partial charge in [0.25, 0.3) is 11.8 Å². The van der Waals surface area contributed by atoms with Crippen LogP contribution in [-0.2, 0) is 13.0 Å². The molecule has 1 unspecified atom stereocenters. The van der Waals surface area contributed by atoms with Gasteiger partial charge in [-0.15, -0.1) is 0 Å². The summed E-state index contributed by atoms with van der Waals surface area (Å²) in [5.41, 5.74) is 3.68. The first-order valence-electron chi connectivity index (χ1n) is 8.95. The number of hydrogen-bond donors (Lipinski definition) is 1. The number of hydrogen-bond acceptors (Lipinski definition) is 3. The van der Waals surface area contributed by atoms with Gasteiger partial charge in [0.2, 0.25) is 0 Å². The minimum Gasteiger partial charge on any atom is -0.459 e. The fraction of sp³-hybridized carbons (Fsp3) is 0.182.